The summed E-state index contributed by atoms with van der Waals surface area (Å²) in [5, 5.41) is 9.07. The molecular formula is C9H16F3NO. The Kier molecular flexibility index (Phi) is 3.78. The highest BCUT2D eigenvalue weighted by Gasteiger charge is 2.40. The average Bonchev–Trinajstić information content (AvgIpc) is 2.02. The molecule has 0 aromatic heterocycles. The molecule has 1 rings (SSSR count). The monoisotopic (exact) mass is 211 g/mol. The highest BCUT2D eigenvalue weighted by molar-refractivity contribution is 4.77. The third-order valence-electron chi connectivity index (χ3n) is 2.57. The maximum absolute atomic E-state index is 12.3. The van der Waals surface area contributed by atoms with E-state index in [0.717, 1.165) is 0 Å². The van der Waals surface area contributed by atoms with E-state index in [1.807, 2.05) is 4.90 Å². The Morgan fingerprint density at radius 1 is 1.36 bits per heavy atom. The van der Waals surface area contributed by atoms with E-state index in [-0.39, 0.29) is 12.8 Å². The van der Waals surface area contributed by atoms with E-state index in [1.165, 1.54) is 0 Å². The van der Waals surface area contributed by atoms with Gasteiger partial charge in [0.05, 0.1) is 12.0 Å². The van der Waals surface area contributed by atoms with Crippen LogP contribution in [0.2, 0.25) is 0 Å². The molecule has 1 aliphatic rings. The van der Waals surface area contributed by atoms with Crippen LogP contribution in [0.4, 0.5) is 13.2 Å². The average molecular weight is 211 g/mol. The number of halogens is 3. The lowest BCUT2D eigenvalue weighted by molar-refractivity contribution is -0.185. The van der Waals surface area contributed by atoms with E-state index in [1.54, 1.807) is 6.92 Å². The van der Waals surface area contributed by atoms with Crippen LogP contribution in [0.1, 0.15) is 19.8 Å². The Morgan fingerprint density at radius 2 is 1.86 bits per heavy atom. The predicted octanol–water partition coefficient (Wildman–Crippen LogP) is 1.64. The van der Waals surface area contributed by atoms with Gasteiger partial charge in [-0.15, -0.1) is 0 Å². The zero-order valence-corrected chi connectivity index (χ0v) is 8.22. The predicted molar refractivity (Wildman–Crippen MR) is 46.9 cm³/mol. The van der Waals surface area contributed by atoms with E-state index >= 15 is 0 Å². The second-order valence-electron chi connectivity index (χ2n) is 3.97. The van der Waals surface area contributed by atoms with Crippen LogP contribution in [-0.2, 0) is 0 Å². The Labute approximate surface area is 81.7 Å². The summed E-state index contributed by atoms with van der Waals surface area (Å²) in [6.45, 7) is 3.00. The molecule has 1 atom stereocenters. The van der Waals surface area contributed by atoms with Gasteiger partial charge in [-0.05, 0) is 32.9 Å². The van der Waals surface area contributed by atoms with Crippen molar-refractivity contribution in [1.29, 1.82) is 0 Å². The third-order valence-corrected chi connectivity index (χ3v) is 2.57. The molecule has 0 amide bonds. The first-order valence-electron chi connectivity index (χ1n) is 4.86. The Bertz CT molecular complexity index is 173. The maximum atomic E-state index is 12.3. The van der Waals surface area contributed by atoms with E-state index in [4.69, 9.17) is 5.11 Å². The van der Waals surface area contributed by atoms with Crippen molar-refractivity contribution in [3.8, 4) is 0 Å². The number of alkyl halides is 3. The van der Waals surface area contributed by atoms with Gasteiger partial charge < -0.3 is 10.0 Å². The van der Waals surface area contributed by atoms with Gasteiger partial charge in [-0.25, -0.2) is 0 Å². The van der Waals surface area contributed by atoms with Crippen molar-refractivity contribution in [2.75, 3.05) is 19.6 Å². The van der Waals surface area contributed by atoms with Crippen molar-refractivity contribution in [1.82, 2.24) is 4.90 Å². The van der Waals surface area contributed by atoms with E-state index in [0.29, 0.717) is 19.6 Å². The van der Waals surface area contributed by atoms with Crippen LogP contribution in [0.15, 0.2) is 0 Å². The minimum Gasteiger partial charge on any atom is -0.392 e. The lowest BCUT2D eigenvalue weighted by Crippen LogP contribution is -2.41. The first-order valence-corrected chi connectivity index (χ1v) is 4.86. The molecule has 1 saturated heterocycles. The standard InChI is InChI=1S/C9H16F3NO/c1-7(14)6-13-4-2-8(3-5-13)9(10,11)12/h7-8,14H,2-6H2,1H3/t7-/m0/s1. The molecule has 14 heavy (non-hydrogen) atoms. The van der Waals surface area contributed by atoms with Crippen LogP contribution in [0.3, 0.4) is 0 Å². The first-order chi connectivity index (χ1) is 6.39. The van der Waals surface area contributed by atoms with E-state index in [2.05, 4.69) is 0 Å². The summed E-state index contributed by atoms with van der Waals surface area (Å²) in [6, 6.07) is 0. The lowest BCUT2D eigenvalue weighted by atomic mass is 9.96. The summed E-state index contributed by atoms with van der Waals surface area (Å²) >= 11 is 0. The lowest BCUT2D eigenvalue weighted by Gasteiger charge is -2.33. The molecule has 0 spiro atoms. The fourth-order valence-corrected chi connectivity index (χ4v) is 1.82. The fourth-order valence-electron chi connectivity index (χ4n) is 1.82. The number of nitrogens with zero attached hydrogens (tertiary/aromatic N) is 1. The molecule has 1 heterocycles. The fraction of sp³-hybridized carbons (Fsp3) is 1.00. The van der Waals surface area contributed by atoms with Crippen molar-refractivity contribution in [2.45, 2.75) is 32.0 Å². The van der Waals surface area contributed by atoms with Gasteiger partial charge in [0.1, 0.15) is 0 Å². The van der Waals surface area contributed by atoms with Gasteiger partial charge in [0.25, 0.3) is 0 Å². The van der Waals surface area contributed by atoms with Crippen LogP contribution >= 0.6 is 0 Å². The Morgan fingerprint density at radius 3 is 2.21 bits per heavy atom. The number of likely N-dealkylation sites (tertiary alicyclic amines) is 1. The third kappa shape index (κ3) is 3.46. The topological polar surface area (TPSA) is 23.5 Å². The number of aliphatic hydroxyl groups is 1. The molecule has 0 aromatic carbocycles. The Hall–Kier alpha value is -0.290. The first kappa shape index (κ1) is 11.8. The second kappa shape index (κ2) is 4.49. The van der Waals surface area contributed by atoms with E-state index in [9.17, 15) is 13.2 Å². The van der Waals surface area contributed by atoms with E-state index < -0.39 is 18.2 Å². The summed E-state index contributed by atoms with van der Waals surface area (Å²) in [5.41, 5.74) is 0. The molecule has 0 aromatic rings. The smallest absolute Gasteiger partial charge is 0.391 e. The highest BCUT2D eigenvalue weighted by Crippen LogP contribution is 2.33. The summed E-state index contributed by atoms with van der Waals surface area (Å²) in [7, 11) is 0. The molecular weight excluding hydrogens is 195 g/mol. The van der Waals surface area contributed by atoms with Gasteiger partial charge in [-0.2, -0.15) is 13.2 Å². The van der Waals surface area contributed by atoms with Crippen molar-refractivity contribution in [3.63, 3.8) is 0 Å². The zero-order chi connectivity index (χ0) is 10.8. The minimum atomic E-state index is -4.04. The van der Waals surface area contributed by atoms with Crippen molar-refractivity contribution in [2.24, 2.45) is 5.92 Å². The number of piperidine rings is 1. The molecule has 1 N–H and O–H groups in total. The molecule has 0 radical (unpaired) electrons. The molecule has 1 fully saturated rings. The maximum Gasteiger partial charge on any atom is 0.391 e. The van der Waals surface area contributed by atoms with Crippen molar-refractivity contribution >= 4 is 0 Å². The normalized spacial score (nSPS) is 23.8. The van der Waals surface area contributed by atoms with Gasteiger partial charge in [0.2, 0.25) is 0 Å². The van der Waals surface area contributed by atoms with Crippen LogP contribution < -0.4 is 0 Å². The summed E-state index contributed by atoms with van der Waals surface area (Å²) in [5.74, 6) is -1.15. The molecule has 0 aliphatic carbocycles. The molecule has 0 unspecified atom stereocenters. The second-order valence-corrected chi connectivity index (χ2v) is 3.97. The van der Waals surface area contributed by atoms with Crippen LogP contribution in [0.5, 0.6) is 0 Å². The van der Waals surface area contributed by atoms with Crippen LogP contribution in [0, 0.1) is 5.92 Å². The quantitative estimate of drug-likeness (QED) is 0.750. The number of hydrogen-bond donors (Lipinski definition) is 1. The summed E-state index contributed by atoms with van der Waals surface area (Å²) < 4.78 is 36.8. The summed E-state index contributed by atoms with van der Waals surface area (Å²) in [4.78, 5) is 1.88. The van der Waals surface area contributed by atoms with Gasteiger partial charge in [0.15, 0.2) is 0 Å². The molecule has 0 saturated carbocycles. The molecule has 1 aliphatic heterocycles. The minimum absolute atomic E-state index is 0.163. The molecule has 5 heteroatoms. The molecule has 84 valence electrons. The number of rotatable bonds is 2. The summed E-state index contributed by atoms with van der Waals surface area (Å²) in [6.07, 6.45) is -4.18. The van der Waals surface area contributed by atoms with Gasteiger partial charge in [0, 0.05) is 6.54 Å². The van der Waals surface area contributed by atoms with Gasteiger partial charge in [-0.1, -0.05) is 0 Å². The Balaban J connectivity index is 2.31. The van der Waals surface area contributed by atoms with Gasteiger partial charge >= 0.3 is 6.18 Å². The molecule has 0 bridgehead atoms. The van der Waals surface area contributed by atoms with Crippen molar-refractivity contribution in [3.05, 3.63) is 0 Å². The number of β-amino-alcohol motifs (C(OH)–C–C–N with tert-alkyl or cyclic N) is 1. The SMILES string of the molecule is C[C@H](O)CN1CCC(C(F)(F)F)CC1. The van der Waals surface area contributed by atoms with Crippen LogP contribution in [0.25, 0.3) is 0 Å². The number of hydrogen-bond acceptors (Lipinski definition) is 2. The number of aliphatic hydroxyl groups excluding tert-OH is 1. The molecule has 2 nitrogen and oxygen atoms in total. The van der Waals surface area contributed by atoms with Gasteiger partial charge in [-0.3, -0.25) is 0 Å². The van der Waals surface area contributed by atoms with Crippen LogP contribution in [-0.4, -0.2) is 41.9 Å². The van der Waals surface area contributed by atoms with Crippen molar-refractivity contribution < 1.29 is 18.3 Å². The zero-order valence-electron chi connectivity index (χ0n) is 8.22. The largest absolute Gasteiger partial charge is 0.392 e. The highest BCUT2D eigenvalue weighted by atomic mass is 19.4.